The Morgan fingerprint density at radius 2 is 1.63 bits per heavy atom. The number of piperidine rings is 1. The number of nitrogens with zero attached hydrogens (tertiary/aromatic N) is 1. The maximum atomic E-state index is 13.0. The third-order valence-corrected chi connectivity index (χ3v) is 4.71. The highest BCUT2D eigenvalue weighted by Gasteiger charge is 2.21. The number of amides is 1. The van der Waals surface area contributed by atoms with Crippen molar-refractivity contribution in [1.82, 2.24) is 4.90 Å². The fourth-order valence-corrected chi connectivity index (χ4v) is 3.27. The number of carbonyl (C=O) groups excluding carboxylic acids is 1. The van der Waals surface area contributed by atoms with Gasteiger partial charge in [0.05, 0.1) is 6.54 Å². The van der Waals surface area contributed by atoms with Gasteiger partial charge in [0.1, 0.15) is 5.82 Å². The summed E-state index contributed by atoms with van der Waals surface area (Å²) in [6.07, 6.45) is 3.10. The Bertz CT molecular complexity index is 702. The van der Waals surface area contributed by atoms with Crippen LogP contribution in [-0.4, -0.2) is 30.4 Å². The molecule has 0 aliphatic carbocycles. The zero-order chi connectivity index (χ0) is 17.6. The zero-order valence-corrected chi connectivity index (χ0v) is 16.7. The summed E-state index contributed by atoms with van der Waals surface area (Å²) in [6, 6.07) is 13.9. The Balaban J connectivity index is 0.00000182. The Morgan fingerprint density at radius 3 is 2.22 bits per heavy atom. The van der Waals surface area contributed by atoms with E-state index >= 15 is 0 Å². The van der Waals surface area contributed by atoms with Crippen LogP contribution < -0.4 is 11.1 Å². The molecule has 1 amide bonds. The number of rotatable bonds is 5. The quantitative estimate of drug-likeness (QED) is 0.723. The van der Waals surface area contributed by atoms with Crippen molar-refractivity contribution >= 4 is 42.1 Å². The van der Waals surface area contributed by atoms with Crippen molar-refractivity contribution < 1.29 is 9.18 Å². The van der Waals surface area contributed by atoms with Crippen molar-refractivity contribution in [2.45, 2.75) is 19.3 Å². The highest BCUT2D eigenvalue weighted by atomic mass is 35.5. The van der Waals surface area contributed by atoms with Crippen LogP contribution >= 0.6 is 24.8 Å². The van der Waals surface area contributed by atoms with E-state index in [1.165, 1.54) is 17.7 Å². The van der Waals surface area contributed by atoms with Crippen molar-refractivity contribution in [1.29, 1.82) is 0 Å². The molecule has 1 aliphatic rings. The Hall–Kier alpha value is -1.82. The predicted octanol–water partition coefficient (Wildman–Crippen LogP) is 4.14. The van der Waals surface area contributed by atoms with Gasteiger partial charge in [0, 0.05) is 11.4 Å². The van der Waals surface area contributed by atoms with Gasteiger partial charge in [-0.25, -0.2) is 4.39 Å². The summed E-state index contributed by atoms with van der Waals surface area (Å²) in [5.74, 6) is 0.411. The highest BCUT2D eigenvalue weighted by Crippen LogP contribution is 2.22. The van der Waals surface area contributed by atoms with Crippen molar-refractivity contribution in [2.75, 3.05) is 30.7 Å². The van der Waals surface area contributed by atoms with Gasteiger partial charge in [0.2, 0.25) is 5.91 Å². The van der Waals surface area contributed by atoms with Crippen LogP contribution in [0.1, 0.15) is 18.4 Å². The SMILES string of the molecule is Cl.Cl.Nc1ccc(NC(=O)CN2CCC(Cc3ccc(F)cc3)CC2)cc1. The molecule has 27 heavy (non-hydrogen) atoms. The predicted molar refractivity (Wildman–Crippen MR) is 113 cm³/mol. The van der Waals surface area contributed by atoms with Crippen molar-refractivity contribution in [3.05, 3.63) is 59.9 Å². The molecule has 0 spiro atoms. The first-order valence-electron chi connectivity index (χ1n) is 8.71. The van der Waals surface area contributed by atoms with Gasteiger partial charge in [-0.2, -0.15) is 0 Å². The molecule has 2 aromatic rings. The molecular formula is C20H26Cl2FN3O. The van der Waals surface area contributed by atoms with E-state index in [4.69, 9.17) is 5.73 Å². The lowest BCUT2D eigenvalue weighted by Crippen LogP contribution is -2.39. The number of hydrogen-bond donors (Lipinski definition) is 2. The fourth-order valence-electron chi connectivity index (χ4n) is 3.27. The Morgan fingerprint density at radius 1 is 1.04 bits per heavy atom. The first kappa shape index (κ1) is 23.2. The summed E-state index contributed by atoms with van der Waals surface area (Å²) >= 11 is 0. The summed E-state index contributed by atoms with van der Waals surface area (Å²) in [7, 11) is 0. The maximum absolute atomic E-state index is 13.0. The molecule has 0 aromatic heterocycles. The second-order valence-electron chi connectivity index (χ2n) is 6.72. The largest absolute Gasteiger partial charge is 0.399 e. The number of nitrogen functional groups attached to an aromatic ring is 1. The molecule has 3 rings (SSSR count). The standard InChI is InChI=1S/C20H24FN3O.2ClH/c21-17-3-1-15(2-4-17)13-16-9-11-24(12-10-16)14-20(25)23-19-7-5-18(22)6-8-19;;/h1-8,16H,9-14,22H2,(H,23,25);2*1H. The molecule has 0 saturated carbocycles. The monoisotopic (exact) mass is 413 g/mol. The molecule has 0 radical (unpaired) electrons. The van der Waals surface area contributed by atoms with Crippen LogP contribution in [-0.2, 0) is 11.2 Å². The molecule has 1 fully saturated rings. The van der Waals surface area contributed by atoms with Crippen LogP contribution in [0.5, 0.6) is 0 Å². The lowest BCUT2D eigenvalue weighted by Gasteiger charge is -2.31. The number of anilines is 2. The second-order valence-corrected chi connectivity index (χ2v) is 6.72. The lowest BCUT2D eigenvalue weighted by molar-refractivity contribution is -0.117. The van der Waals surface area contributed by atoms with E-state index in [-0.39, 0.29) is 36.5 Å². The molecule has 0 unspecified atom stereocenters. The van der Waals surface area contributed by atoms with Gasteiger partial charge in [-0.1, -0.05) is 12.1 Å². The van der Waals surface area contributed by atoms with Crippen molar-refractivity contribution in [2.24, 2.45) is 5.92 Å². The van der Waals surface area contributed by atoms with E-state index < -0.39 is 0 Å². The van der Waals surface area contributed by atoms with E-state index in [2.05, 4.69) is 10.2 Å². The van der Waals surface area contributed by atoms with Crippen LogP contribution in [0, 0.1) is 11.7 Å². The van der Waals surface area contributed by atoms with Crippen LogP contribution in [0.25, 0.3) is 0 Å². The minimum Gasteiger partial charge on any atom is -0.399 e. The highest BCUT2D eigenvalue weighted by molar-refractivity contribution is 5.92. The summed E-state index contributed by atoms with van der Waals surface area (Å²) in [4.78, 5) is 14.3. The number of carbonyl (C=O) groups is 1. The Kier molecular flexibility index (Phi) is 9.56. The number of nitrogens with one attached hydrogen (secondary N) is 1. The average Bonchev–Trinajstić information content (AvgIpc) is 2.61. The molecule has 1 saturated heterocycles. The van der Waals surface area contributed by atoms with Gasteiger partial charge in [-0.3, -0.25) is 9.69 Å². The fraction of sp³-hybridized carbons (Fsp3) is 0.350. The van der Waals surface area contributed by atoms with Gasteiger partial charge in [-0.05, 0) is 80.2 Å². The molecule has 0 bridgehead atoms. The summed E-state index contributed by atoms with van der Waals surface area (Å²) in [5.41, 5.74) is 8.27. The summed E-state index contributed by atoms with van der Waals surface area (Å²) < 4.78 is 13.0. The topological polar surface area (TPSA) is 58.4 Å². The number of likely N-dealkylation sites (tertiary alicyclic amines) is 1. The summed E-state index contributed by atoms with van der Waals surface area (Å²) in [6.45, 7) is 2.25. The number of hydrogen-bond acceptors (Lipinski definition) is 3. The van der Waals surface area contributed by atoms with Crippen molar-refractivity contribution in [3.63, 3.8) is 0 Å². The van der Waals surface area contributed by atoms with Crippen LogP contribution in [0.4, 0.5) is 15.8 Å². The van der Waals surface area contributed by atoms with Gasteiger partial charge in [-0.15, -0.1) is 24.8 Å². The third-order valence-electron chi connectivity index (χ3n) is 4.71. The first-order chi connectivity index (χ1) is 12.1. The van der Waals surface area contributed by atoms with Gasteiger partial charge in [0.15, 0.2) is 0 Å². The average molecular weight is 414 g/mol. The van der Waals surface area contributed by atoms with E-state index in [1.807, 2.05) is 24.3 Å². The third kappa shape index (κ3) is 7.37. The molecule has 2 aromatic carbocycles. The summed E-state index contributed by atoms with van der Waals surface area (Å²) in [5, 5.41) is 2.90. The van der Waals surface area contributed by atoms with E-state index in [0.29, 0.717) is 18.2 Å². The number of halogens is 3. The lowest BCUT2D eigenvalue weighted by atomic mass is 9.90. The van der Waals surface area contributed by atoms with E-state index in [9.17, 15) is 9.18 Å². The van der Waals surface area contributed by atoms with Crippen molar-refractivity contribution in [3.8, 4) is 0 Å². The maximum Gasteiger partial charge on any atom is 0.238 e. The van der Waals surface area contributed by atoms with Crippen LogP contribution in [0.2, 0.25) is 0 Å². The molecular weight excluding hydrogens is 388 g/mol. The zero-order valence-electron chi connectivity index (χ0n) is 15.1. The van der Waals surface area contributed by atoms with Crippen LogP contribution in [0.3, 0.4) is 0 Å². The Labute approximate surface area is 172 Å². The van der Waals surface area contributed by atoms with Gasteiger partial charge >= 0.3 is 0 Å². The second kappa shape index (κ2) is 11.1. The van der Waals surface area contributed by atoms with E-state index in [0.717, 1.165) is 38.0 Å². The number of nitrogens with two attached hydrogens (primary N) is 1. The molecule has 3 N–H and O–H groups in total. The molecule has 148 valence electrons. The van der Waals surface area contributed by atoms with Gasteiger partial charge in [0.25, 0.3) is 0 Å². The smallest absolute Gasteiger partial charge is 0.238 e. The first-order valence-corrected chi connectivity index (χ1v) is 8.71. The van der Waals surface area contributed by atoms with Gasteiger partial charge < -0.3 is 11.1 Å². The minimum atomic E-state index is -0.189. The molecule has 7 heteroatoms. The molecule has 1 heterocycles. The molecule has 0 atom stereocenters. The normalized spacial score (nSPS) is 14.7. The minimum absolute atomic E-state index is 0. The van der Waals surface area contributed by atoms with E-state index in [1.54, 1.807) is 12.1 Å². The molecule has 1 aliphatic heterocycles. The molecule has 4 nitrogen and oxygen atoms in total. The number of benzene rings is 2. The van der Waals surface area contributed by atoms with Crippen LogP contribution in [0.15, 0.2) is 48.5 Å².